The molecule has 192 valence electrons. The minimum absolute atomic E-state index is 0.0426. The van der Waals surface area contributed by atoms with Gasteiger partial charge in [0.2, 0.25) is 11.8 Å². The maximum atomic E-state index is 13.4. The first-order chi connectivity index (χ1) is 15.8. The minimum Gasteiger partial charge on any atom is -0.395 e. The number of carbonyl (C=O) groups is 3. The Morgan fingerprint density at radius 3 is 1.47 bits per heavy atom. The van der Waals surface area contributed by atoms with E-state index in [1.165, 1.54) is 35.6 Å². The number of hydrogen-bond donors (Lipinski definition) is 5. The summed E-state index contributed by atoms with van der Waals surface area (Å²) >= 11 is 5.76. The van der Waals surface area contributed by atoms with Gasteiger partial charge in [-0.25, -0.2) is 0 Å². The summed E-state index contributed by atoms with van der Waals surface area (Å²) in [5.74, 6) is -1.41. The van der Waals surface area contributed by atoms with Gasteiger partial charge in [-0.3, -0.25) is 14.4 Å². The third kappa shape index (κ3) is 7.56. The van der Waals surface area contributed by atoms with Crippen LogP contribution in [0, 0.1) is 10.7 Å². The van der Waals surface area contributed by atoms with E-state index in [-0.39, 0.29) is 43.2 Å². The van der Waals surface area contributed by atoms with Crippen LogP contribution in [0.2, 0.25) is 0 Å². The Bertz CT molecular complexity index is 861. The zero-order chi connectivity index (χ0) is 26.3. The smallest absolute Gasteiger partial charge is 0.255 e. The summed E-state index contributed by atoms with van der Waals surface area (Å²) in [6.07, 6.45) is -2.51. The third-order valence-corrected chi connectivity index (χ3v) is 7.90. The monoisotopic (exact) mass is 819 g/mol. The number of amides is 3. The topological polar surface area (TPSA) is 162 Å². The van der Waals surface area contributed by atoms with E-state index in [9.17, 15) is 39.9 Å². The van der Waals surface area contributed by atoms with E-state index in [0.29, 0.717) is 10.7 Å². The van der Waals surface area contributed by atoms with E-state index in [1.807, 2.05) is 67.8 Å². The fourth-order valence-corrected chi connectivity index (χ4v) is 7.83. The lowest BCUT2D eigenvalue weighted by molar-refractivity contribution is -0.117. The highest BCUT2D eigenvalue weighted by molar-refractivity contribution is 14.1. The van der Waals surface area contributed by atoms with Crippen molar-refractivity contribution in [1.29, 1.82) is 0 Å². The number of benzene rings is 1. The summed E-state index contributed by atoms with van der Waals surface area (Å²) < 4.78 is 1.14. The minimum atomic E-state index is -1.26. The molecule has 0 aliphatic rings. The molecule has 0 aromatic heterocycles. The summed E-state index contributed by atoms with van der Waals surface area (Å²) in [6, 6.07) is 0. The number of halogens is 3. The number of aliphatic hydroxyl groups is 5. The van der Waals surface area contributed by atoms with Gasteiger partial charge in [-0.15, -0.1) is 0 Å². The highest BCUT2D eigenvalue weighted by Crippen LogP contribution is 2.43. The summed E-state index contributed by atoms with van der Waals surface area (Å²) in [5.41, 5.74) is 0.668. The molecule has 34 heavy (non-hydrogen) atoms. The van der Waals surface area contributed by atoms with Crippen LogP contribution in [0.15, 0.2) is 0 Å². The maximum absolute atomic E-state index is 13.4. The molecule has 1 rings (SSSR count). The molecule has 14 heteroatoms. The molecule has 1 aromatic carbocycles. The maximum Gasteiger partial charge on any atom is 0.255 e. The molecule has 0 aliphatic carbocycles. The molecule has 0 saturated carbocycles. The molecule has 0 heterocycles. The van der Waals surface area contributed by atoms with Gasteiger partial charge < -0.3 is 40.2 Å². The predicted molar refractivity (Wildman–Crippen MR) is 151 cm³/mol. The molecule has 0 saturated heterocycles. The standard InChI is InChI=1S/C20H28I3N3O8/c1-10(30)25(6-12(32)8-28)18-15(21)14(20(34)24(3)4-5-27)16(22)19(17(18)23)26(11(2)31)7-13(33)9-29/h12-13,27-29,32-33H,4-9H2,1-3H3. The second-order valence-electron chi connectivity index (χ2n) is 7.40. The molecule has 0 spiro atoms. The Labute approximate surface area is 238 Å². The van der Waals surface area contributed by atoms with Gasteiger partial charge in [0.15, 0.2) is 0 Å². The lowest BCUT2D eigenvalue weighted by Gasteiger charge is -2.33. The highest BCUT2D eigenvalue weighted by Gasteiger charge is 2.33. The number of hydrogen-bond acceptors (Lipinski definition) is 8. The number of nitrogens with zero attached hydrogens (tertiary/aromatic N) is 3. The first-order valence-electron chi connectivity index (χ1n) is 10.0. The van der Waals surface area contributed by atoms with Crippen molar-refractivity contribution in [2.75, 3.05) is 56.3 Å². The van der Waals surface area contributed by atoms with Crippen molar-refractivity contribution < 1.29 is 39.9 Å². The summed E-state index contributed by atoms with van der Waals surface area (Å²) in [5, 5.41) is 48.1. The Balaban J connectivity index is 4.05. The van der Waals surface area contributed by atoms with Crippen molar-refractivity contribution in [1.82, 2.24) is 4.90 Å². The molecule has 2 atom stereocenters. The van der Waals surface area contributed by atoms with E-state index in [1.54, 1.807) is 0 Å². The van der Waals surface area contributed by atoms with E-state index < -0.39 is 43.1 Å². The van der Waals surface area contributed by atoms with E-state index in [0.717, 1.165) is 0 Å². The van der Waals surface area contributed by atoms with Crippen molar-refractivity contribution >= 4 is 96.9 Å². The summed E-state index contributed by atoms with van der Waals surface area (Å²) in [4.78, 5) is 42.2. The number of anilines is 2. The highest BCUT2D eigenvalue weighted by atomic mass is 127. The number of carbonyl (C=O) groups excluding carboxylic acids is 3. The number of likely N-dealkylation sites (N-methyl/N-ethyl adjacent to an activating group) is 1. The Hall–Kier alpha value is -0.380. The largest absolute Gasteiger partial charge is 0.395 e. The van der Waals surface area contributed by atoms with Crippen LogP contribution in [-0.2, 0) is 9.59 Å². The van der Waals surface area contributed by atoms with Gasteiger partial charge in [0.05, 0.1) is 72.8 Å². The zero-order valence-corrected chi connectivity index (χ0v) is 25.3. The van der Waals surface area contributed by atoms with Gasteiger partial charge in [0.1, 0.15) is 0 Å². The van der Waals surface area contributed by atoms with Crippen LogP contribution in [0.3, 0.4) is 0 Å². The average Bonchev–Trinajstić information content (AvgIpc) is 2.76. The van der Waals surface area contributed by atoms with Gasteiger partial charge in [0.25, 0.3) is 5.91 Å². The van der Waals surface area contributed by atoms with Gasteiger partial charge in [0, 0.05) is 27.4 Å². The molecule has 11 nitrogen and oxygen atoms in total. The average molecular weight is 819 g/mol. The predicted octanol–water partition coefficient (Wildman–Crippen LogP) is -0.0231. The van der Waals surface area contributed by atoms with Crippen molar-refractivity contribution in [2.45, 2.75) is 26.1 Å². The molecule has 0 fully saturated rings. The normalized spacial score (nSPS) is 12.8. The fraction of sp³-hybridized carbons (Fsp3) is 0.550. The van der Waals surface area contributed by atoms with Crippen LogP contribution >= 0.6 is 67.8 Å². The van der Waals surface area contributed by atoms with Gasteiger partial charge >= 0.3 is 0 Å². The molecule has 5 N–H and O–H groups in total. The van der Waals surface area contributed by atoms with Gasteiger partial charge in [-0.2, -0.15) is 0 Å². The van der Waals surface area contributed by atoms with Gasteiger partial charge in [-0.1, -0.05) is 0 Å². The van der Waals surface area contributed by atoms with Crippen LogP contribution in [-0.4, -0.2) is 107 Å². The van der Waals surface area contributed by atoms with E-state index >= 15 is 0 Å². The zero-order valence-electron chi connectivity index (χ0n) is 18.8. The van der Waals surface area contributed by atoms with Crippen molar-refractivity contribution in [3.05, 3.63) is 16.3 Å². The van der Waals surface area contributed by atoms with Gasteiger partial charge in [-0.05, 0) is 67.8 Å². The van der Waals surface area contributed by atoms with Crippen LogP contribution in [0.5, 0.6) is 0 Å². The van der Waals surface area contributed by atoms with Crippen LogP contribution in [0.25, 0.3) is 0 Å². The molecule has 3 amide bonds. The summed E-state index contributed by atoms with van der Waals surface area (Å²) in [6.45, 7) is 0.583. The molecular formula is C20H28I3N3O8. The number of rotatable bonds is 11. The number of aliphatic hydroxyl groups excluding tert-OH is 5. The molecule has 0 aliphatic heterocycles. The second kappa shape index (κ2) is 14.4. The van der Waals surface area contributed by atoms with Crippen molar-refractivity contribution in [3.8, 4) is 0 Å². The van der Waals surface area contributed by atoms with E-state index in [2.05, 4.69) is 0 Å². The van der Waals surface area contributed by atoms with Crippen LogP contribution in [0.1, 0.15) is 24.2 Å². The first kappa shape index (κ1) is 31.6. The Morgan fingerprint density at radius 2 is 1.18 bits per heavy atom. The third-order valence-electron chi connectivity index (χ3n) is 4.77. The SMILES string of the molecule is CC(=O)N(CC(O)CO)c1c(I)c(C(=O)N(C)CCO)c(I)c(N(CC(O)CO)C(C)=O)c1I. The van der Waals surface area contributed by atoms with Crippen molar-refractivity contribution in [2.24, 2.45) is 0 Å². The van der Waals surface area contributed by atoms with Crippen molar-refractivity contribution in [3.63, 3.8) is 0 Å². The quantitative estimate of drug-likeness (QED) is 0.195. The first-order valence-corrected chi connectivity index (χ1v) is 13.3. The molecule has 2 unspecified atom stereocenters. The lowest BCUT2D eigenvalue weighted by Crippen LogP contribution is -2.42. The fourth-order valence-electron chi connectivity index (χ4n) is 3.03. The van der Waals surface area contributed by atoms with E-state index in [4.69, 9.17) is 0 Å². The molecule has 1 aromatic rings. The molecule has 0 radical (unpaired) electrons. The lowest BCUT2D eigenvalue weighted by atomic mass is 10.1. The summed E-state index contributed by atoms with van der Waals surface area (Å²) in [7, 11) is 1.50. The Kier molecular flexibility index (Phi) is 13.4. The van der Waals surface area contributed by atoms with Crippen LogP contribution in [0.4, 0.5) is 11.4 Å². The molecular weight excluding hydrogens is 791 g/mol. The second-order valence-corrected chi connectivity index (χ2v) is 10.6. The molecule has 0 bridgehead atoms. The van der Waals surface area contributed by atoms with Crippen LogP contribution < -0.4 is 9.80 Å². The Morgan fingerprint density at radius 1 is 0.794 bits per heavy atom.